The van der Waals surface area contributed by atoms with Crippen molar-refractivity contribution in [3.8, 4) is 0 Å². The van der Waals surface area contributed by atoms with Crippen molar-refractivity contribution in [2.75, 3.05) is 26.2 Å². The van der Waals surface area contributed by atoms with Crippen LogP contribution in [0.5, 0.6) is 0 Å². The van der Waals surface area contributed by atoms with Gasteiger partial charge in [-0.2, -0.15) is 0 Å². The molecule has 108 valence electrons. The Morgan fingerprint density at radius 3 is 2.42 bits per heavy atom. The fourth-order valence-electron chi connectivity index (χ4n) is 4.43. The molecule has 2 saturated heterocycles. The Kier molecular flexibility index (Phi) is 3.84. The number of amides is 1. The number of nitrogens with zero attached hydrogens (tertiary/aromatic N) is 1. The second-order valence-electron chi connectivity index (χ2n) is 7.23. The first-order valence-electron chi connectivity index (χ1n) is 8.18. The number of piperidine rings is 2. The standard InChI is InChI=1S/C16H28N2O/c1-13-10-14(12-17-11-13)15(19)18-8-6-16(7-9-18)4-2-3-5-16/h13-14,17H,2-12H2,1H3. The van der Waals surface area contributed by atoms with Gasteiger partial charge in [-0.3, -0.25) is 4.79 Å². The quantitative estimate of drug-likeness (QED) is 0.789. The lowest BCUT2D eigenvalue weighted by Gasteiger charge is -2.41. The van der Waals surface area contributed by atoms with Crippen LogP contribution in [0, 0.1) is 17.3 Å². The summed E-state index contributed by atoms with van der Waals surface area (Å²) >= 11 is 0. The van der Waals surface area contributed by atoms with Gasteiger partial charge in [0.05, 0.1) is 5.92 Å². The Labute approximate surface area is 117 Å². The molecule has 3 aliphatic rings. The van der Waals surface area contributed by atoms with E-state index in [1.807, 2.05) is 0 Å². The Hall–Kier alpha value is -0.570. The van der Waals surface area contributed by atoms with E-state index in [1.165, 1.54) is 38.5 Å². The summed E-state index contributed by atoms with van der Waals surface area (Å²) in [5.74, 6) is 1.31. The van der Waals surface area contributed by atoms with E-state index in [1.54, 1.807) is 0 Å². The Bertz CT molecular complexity index is 326. The number of hydrogen-bond acceptors (Lipinski definition) is 2. The molecule has 3 heteroatoms. The molecule has 2 atom stereocenters. The second kappa shape index (κ2) is 5.43. The van der Waals surface area contributed by atoms with Gasteiger partial charge in [0.25, 0.3) is 0 Å². The van der Waals surface area contributed by atoms with Crippen LogP contribution in [0.15, 0.2) is 0 Å². The maximum atomic E-state index is 12.6. The molecule has 0 aromatic rings. The van der Waals surface area contributed by atoms with Crippen molar-refractivity contribution >= 4 is 5.91 Å². The lowest BCUT2D eigenvalue weighted by molar-refractivity contribution is -0.138. The van der Waals surface area contributed by atoms with E-state index in [4.69, 9.17) is 0 Å². The third-order valence-corrected chi connectivity index (χ3v) is 5.72. The number of nitrogens with one attached hydrogen (secondary N) is 1. The molecule has 2 aliphatic heterocycles. The van der Waals surface area contributed by atoms with E-state index in [2.05, 4.69) is 17.1 Å². The smallest absolute Gasteiger partial charge is 0.226 e. The van der Waals surface area contributed by atoms with Crippen LogP contribution < -0.4 is 5.32 Å². The number of hydrogen-bond donors (Lipinski definition) is 1. The minimum atomic E-state index is 0.237. The third kappa shape index (κ3) is 2.81. The molecule has 1 saturated carbocycles. The van der Waals surface area contributed by atoms with Crippen molar-refractivity contribution in [2.45, 2.75) is 51.9 Å². The monoisotopic (exact) mass is 264 g/mol. The highest BCUT2D eigenvalue weighted by Gasteiger charge is 2.39. The normalized spacial score (nSPS) is 34.7. The van der Waals surface area contributed by atoms with Crippen LogP contribution in [-0.2, 0) is 4.79 Å². The highest BCUT2D eigenvalue weighted by atomic mass is 16.2. The zero-order valence-electron chi connectivity index (χ0n) is 12.3. The minimum absolute atomic E-state index is 0.237. The highest BCUT2D eigenvalue weighted by Crippen LogP contribution is 2.46. The predicted octanol–water partition coefficient (Wildman–Crippen LogP) is 2.41. The summed E-state index contributed by atoms with van der Waals surface area (Å²) in [5.41, 5.74) is 0.620. The summed E-state index contributed by atoms with van der Waals surface area (Å²) in [7, 11) is 0. The van der Waals surface area contributed by atoms with Gasteiger partial charge in [0.2, 0.25) is 5.91 Å². The molecule has 0 aromatic heterocycles. The molecule has 2 unspecified atom stereocenters. The maximum Gasteiger partial charge on any atom is 0.226 e. The third-order valence-electron chi connectivity index (χ3n) is 5.72. The van der Waals surface area contributed by atoms with Crippen molar-refractivity contribution in [1.82, 2.24) is 10.2 Å². The Morgan fingerprint density at radius 1 is 1.11 bits per heavy atom. The molecule has 0 radical (unpaired) electrons. The Morgan fingerprint density at radius 2 is 1.79 bits per heavy atom. The first-order chi connectivity index (χ1) is 9.19. The molecule has 3 rings (SSSR count). The molecule has 3 nitrogen and oxygen atoms in total. The van der Waals surface area contributed by atoms with Gasteiger partial charge in [-0.25, -0.2) is 0 Å². The van der Waals surface area contributed by atoms with Gasteiger partial charge in [-0.15, -0.1) is 0 Å². The van der Waals surface area contributed by atoms with E-state index >= 15 is 0 Å². The van der Waals surface area contributed by atoms with Crippen LogP contribution in [0.1, 0.15) is 51.9 Å². The highest BCUT2D eigenvalue weighted by molar-refractivity contribution is 5.79. The SMILES string of the molecule is CC1CNCC(C(=O)N2CCC3(CCCC3)CC2)C1. The molecule has 1 amide bonds. The first kappa shape index (κ1) is 13.4. The Balaban J connectivity index is 1.54. The van der Waals surface area contributed by atoms with Crippen LogP contribution >= 0.6 is 0 Å². The van der Waals surface area contributed by atoms with Crippen LogP contribution in [-0.4, -0.2) is 37.0 Å². The average Bonchev–Trinajstić information content (AvgIpc) is 2.87. The fourth-order valence-corrected chi connectivity index (χ4v) is 4.43. The summed E-state index contributed by atoms with van der Waals surface area (Å²) in [5, 5.41) is 3.41. The first-order valence-corrected chi connectivity index (χ1v) is 8.18. The van der Waals surface area contributed by atoms with Crippen LogP contribution in [0.3, 0.4) is 0 Å². The summed E-state index contributed by atoms with van der Waals surface area (Å²) in [6.45, 7) is 6.25. The molecule has 0 bridgehead atoms. The molecular weight excluding hydrogens is 236 g/mol. The maximum absolute atomic E-state index is 12.6. The minimum Gasteiger partial charge on any atom is -0.342 e. The lowest BCUT2D eigenvalue weighted by Crippen LogP contribution is -2.49. The topological polar surface area (TPSA) is 32.3 Å². The number of carbonyl (C=O) groups excluding carboxylic acids is 1. The van der Waals surface area contributed by atoms with Gasteiger partial charge in [0, 0.05) is 19.6 Å². The fraction of sp³-hybridized carbons (Fsp3) is 0.938. The van der Waals surface area contributed by atoms with E-state index in [0.29, 0.717) is 17.2 Å². The summed E-state index contributed by atoms with van der Waals surface area (Å²) in [4.78, 5) is 14.7. The van der Waals surface area contributed by atoms with E-state index < -0.39 is 0 Å². The molecule has 3 fully saturated rings. The number of likely N-dealkylation sites (tertiary alicyclic amines) is 1. The molecule has 2 heterocycles. The zero-order valence-corrected chi connectivity index (χ0v) is 12.3. The zero-order chi connectivity index (χ0) is 13.3. The molecule has 1 spiro atoms. The van der Waals surface area contributed by atoms with Gasteiger partial charge in [-0.1, -0.05) is 19.8 Å². The summed E-state index contributed by atoms with van der Waals surface area (Å²) < 4.78 is 0. The van der Waals surface area contributed by atoms with Crippen LogP contribution in [0.4, 0.5) is 0 Å². The van der Waals surface area contributed by atoms with Gasteiger partial charge in [-0.05, 0) is 50.0 Å². The summed E-state index contributed by atoms with van der Waals surface area (Å²) in [6, 6.07) is 0. The van der Waals surface area contributed by atoms with Crippen LogP contribution in [0.25, 0.3) is 0 Å². The molecule has 19 heavy (non-hydrogen) atoms. The molecule has 0 aromatic carbocycles. The molecule has 1 aliphatic carbocycles. The van der Waals surface area contributed by atoms with Gasteiger partial charge < -0.3 is 10.2 Å². The van der Waals surface area contributed by atoms with Crippen molar-refractivity contribution in [3.63, 3.8) is 0 Å². The number of rotatable bonds is 1. The van der Waals surface area contributed by atoms with Crippen molar-refractivity contribution in [1.29, 1.82) is 0 Å². The van der Waals surface area contributed by atoms with Crippen molar-refractivity contribution in [3.05, 3.63) is 0 Å². The van der Waals surface area contributed by atoms with Gasteiger partial charge in [0.15, 0.2) is 0 Å². The summed E-state index contributed by atoms with van der Waals surface area (Å²) in [6.07, 6.45) is 9.25. The number of carbonyl (C=O) groups is 1. The second-order valence-corrected chi connectivity index (χ2v) is 7.23. The van der Waals surface area contributed by atoms with Crippen molar-refractivity contribution in [2.24, 2.45) is 17.3 Å². The van der Waals surface area contributed by atoms with Crippen molar-refractivity contribution < 1.29 is 4.79 Å². The van der Waals surface area contributed by atoms with Gasteiger partial charge >= 0.3 is 0 Å². The molecule has 1 N–H and O–H groups in total. The molecular formula is C16H28N2O. The lowest BCUT2D eigenvalue weighted by atomic mass is 9.76. The van der Waals surface area contributed by atoms with E-state index in [9.17, 15) is 4.79 Å². The van der Waals surface area contributed by atoms with Gasteiger partial charge in [0.1, 0.15) is 0 Å². The van der Waals surface area contributed by atoms with E-state index in [0.717, 1.165) is 32.6 Å². The average molecular weight is 264 g/mol. The largest absolute Gasteiger partial charge is 0.342 e. The van der Waals surface area contributed by atoms with E-state index in [-0.39, 0.29) is 5.92 Å². The van der Waals surface area contributed by atoms with Crippen LogP contribution in [0.2, 0.25) is 0 Å². The predicted molar refractivity (Wildman–Crippen MR) is 76.9 cm³/mol.